The van der Waals surface area contributed by atoms with Gasteiger partial charge in [0.1, 0.15) is 6.61 Å². The SMILES string of the molecule is CCOc1cc(/C=N\NC(=O)CNc2ccccc2)cc(Br)c1OCc1ccc([N+](=O)[O-])cc1. The van der Waals surface area contributed by atoms with Crippen LogP contribution in [0.1, 0.15) is 18.1 Å². The number of carbonyl (C=O) groups is 1. The molecule has 10 heteroatoms. The lowest BCUT2D eigenvalue weighted by Crippen LogP contribution is -2.25. The zero-order chi connectivity index (χ0) is 24.3. The Bertz CT molecular complexity index is 1150. The van der Waals surface area contributed by atoms with Gasteiger partial charge in [0.05, 0.1) is 28.8 Å². The van der Waals surface area contributed by atoms with Crippen molar-refractivity contribution in [1.29, 1.82) is 0 Å². The van der Waals surface area contributed by atoms with E-state index in [1.165, 1.54) is 18.3 Å². The topological polar surface area (TPSA) is 115 Å². The van der Waals surface area contributed by atoms with E-state index >= 15 is 0 Å². The highest BCUT2D eigenvalue weighted by atomic mass is 79.9. The molecule has 0 spiro atoms. The van der Waals surface area contributed by atoms with E-state index in [0.29, 0.717) is 28.1 Å². The minimum Gasteiger partial charge on any atom is -0.490 e. The Morgan fingerprint density at radius 3 is 2.53 bits per heavy atom. The van der Waals surface area contributed by atoms with Crippen molar-refractivity contribution >= 4 is 39.4 Å². The molecule has 3 aromatic rings. The smallest absolute Gasteiger partial charge is 0.269 e. The standard InChI is InChI=1S/C24H23BrN4O5/c1-2-33-22-13-18(14-27-28-23(30)15-26-19-6-4-3-5-7-19)12-21(25)24(22)34-16-17-8-10-20(11-9-17)29(31)32/h3-14,26H,2,15-16H2,1H3,(H,28,30)/b27-14-. The highest BCUT2D eigenvalue weighted by Gasteiger charge is 2.13. The van der Waals surface area contributed by atoms with E-state index in [2.05, 4.69) is 31.8 Å². The Hall–Kier alpha value is -3.92. The Morgan fingerprint density at radius 1 is 1.12 bits per heavy atom. The number of benzene rings is 3. The molecule has 0 unspecified atom stereocenters. The number of nitrogens with zero attached hydrogens (tertiary/aromatic N) is 2. The minimum atomic E-state index is -0.447. The zero-order valence-electron chi connectivity index (χ0n) is 18.4. The molecule has 0 saturated carbocycles. The van der Waals surface area contributed by atoms with E-state index in [9.17, 15) is 14.9 Å². The van der Waals surface area contributed by atoms with Crippen molar-refractivity contribution in [2.75, 3.05) is 18.5 Å². The normalized spacial score (nSPS) is 10.6. The fourth-order valence-electron chi connectivity index (χ4n) is 2.89. The molecule has 9 nitrogen and oxygen atoms in total. The number of ether oxygens (including phenoxy) is 2. The number of non-ortho nitro benzene ring substituents is 1. The van der Waals surface area contributed by atoms with Crippen molar-refractivity contribution in [2.45, 2.75) is 13.5 Å². The van der Waals surface area contributed by atoms with Gasteiger partial charge in [-0.3, -0.25) is 14.9 Å². The number of hydrogen-bond donors (Lipinski definition) is 2. The van der Waals surface area contributed by atoms with Gasteiger partial charge in [-0.2, -0.15) is 5.10 Å². The molecular weight excluding hydrogens is 504 g/mol. The number of carbonyl (C=O) groups excluding carboxylic acids is 1. The van der Waals surface area contributed by atoms with Crippen molar-refractivity contribution in [2.24, 2.45) is 5.10 Å². The maximum absolute atomic E-state index is 12.0. The molecule has 0 bridgehead atoms. The summed E-state index contributed by atoms with van der Waals surface area (Å²) in [5.41, 5.74) is 4.81. The summed E-state index contributed by atoms with van der Waals surface area (Å²) >= 11 is 3.49. The summed E-state index contributed by atoms with van der Waals surface area (Å²) in [5, 5.41) is 17.8. The Morgan fingerprint density at radius 2 is 1.85 bits per heavy atom. The van der Waals surface area contributed by atoms with Crippen LogP contribution in [-0.4, -0.2) is 30.2 Å². The molecule has 3 rings (SSSR count). The second-order valence-electron chi connectivity index (χ2n) is 6.99. The summed E-state index contributed by atoms with van der Waals surface area (Å²) in [7, 11) is 0. The van der Waals surface area contributed by atoms with Crippen LogP contribution in [0.4, 0.5) is 11.4 Å². The molecule has 0 aliphatic carbocycles. The van der Waals surface area contributed by atoms with Gasteiger partial charge >= 0.3 is 0 Å². The molecule has 2 N–H and O–H groups in total. The van der Waals surface area contributed by atoms with E-state index in [-0.39, 0.29) is 24.7 Å². The van der Waals surface area contributed by atoms with Crippen molar-refractivity contribution < 1.29 is 19.2 Å². The monoisotopic (exact) mass is 526 g/mol. The second-order valence-corrected chi connectivity index (χ2v) is 7.84. The van der Waals surface area contributed by atoms with Gasteiger partial charge in [-0.1, -0.05) is 18.2 Å². The first-order valence-corrected chi connectivity index (χ1v) is 11.2. The van der Waals surface area contributed by atoms with E-state index in [1.54, 1.807) is 24.3 Å². The largest absolute Gasteiger partial charge is 0.490 e. The number of nitrogens with one attached hydrogen (secondary N) is 2. The van der Waals surface area contributed by atoms with Crippen molar-refractivity contribution in [3.05, 3.63) is 92.4 Å². The lowest BCUT2D eigenvalue weighted by molar-refractivity contribution is -0.384. The van der Waals surface area contributed by atoms with E-state index in [0.717, 1.165) is 11.3 Å². The average Bonchev–Trinajstić information content (AvgIpc) is 2.83. The first kappa shape index (κ1) is 24.7. The Kier molecular flexibility index (Phi) is 8.98. The summed E-state index contributed by atoms with van der Waals surface area (Å²) in [4.78, 5) is 22.4. The number of amides is 1. The quantitative estimate of drug-likeness (QED) is 0.208. The Balaban J connectivity index is 1.61. The number of rotatable bonds is 11. The van der Waals surface area contributed by atoms with Crippen LogP contribution in [0, 0.1) is 10.1 Å². The van der Waals surface area contributed by atoms with Crippen LogP contribution < -0.4 is 20.2 Å². The van der Waals surface area contributed by atoms with Crippen LogP contribution in [0.5, 0.6) is 11.5 Å². The molecule has 0 aliphatic rings. The summed E-state index contributed by atoms with van der Waals surface area (Å²) in [6.45, 7) is 2.57. The van der Waals surface area contributed by atoms with Gasteiger partial charge in [0.25, 0.3) is 11.6 Å². The number of para-hydroxylation sites is 1. The van der Waals surface area contributed by atoms with Crippen LogP contribution in [0.3, 0.4) is 0 Å². The fraction of sp³-hybridized carbons (Fsp3) is 0.167. The molecule has 0 fully saturated rings. The van der Waals surface area contributed by atoms with Crippen LogP contribution in [0.15, 0.2) is 76.3 Å². The van der Waals surface area contributed by atoms with E-state index in [4.69, 9.17) is 9.47 Å². The molecule has 0 radical (unpaired) electrons. The highest BCUT2D eigenvalue weighted by Crippen LogP contribution is 2.37. The van der Waals surface area contributed by atoms with E-state index in [1.807, 2.05) is 37.3 Å². The minimum absolute atomic E-state index is 0.0199. The molecule has 3 aromatic carbocycles. The maximum Gasteiger partial charge on any atom is 0.269 e. The third kappa shape index (κ3) is 7.31. The third-order valence-corrected chi connectivity index (χ3v) is 5.08. The van der Waals surface area contributed by atoms with Gasteiger partial charge < -0.3 is 14.8 Å². The summed E-state index contributed by atoms with van der Waals surface area (Å²) in [5.74, 6) is 0.706. The maximum atomic E-state index is 12.0. The molecule has 0 aliphatic heterocycles. The first-order chi connectivity index (χ1) is 16.5. The fourth-order valence-corrected chi connectivity index (χ4v) is 3.47. The number of nitro groups is 1. The van der Waals surface area contributed by atoms with Crippen molar-refractivity contribution in [1.82, 2.24) is 5.43 Å². The molecule has 0 saturated heterocycles. The number of halogens is 1. The van der Waals surface area contributed by atoms with Gasteiger partial charge in [0.2, 0.25) is 0 Å². The predicted molar refractivity (Wildman–Crippen MR) is 133 cm³/mol. The Labute approximate surface area is 205 Å². The van der Waals surface area contributed by atoms with Gasteiger partial charge in [0, 0.05) is 17.8 Å². The molecule has 0 heterocycles. The number of anilines is 1. The lowest BCUT2D eigenvalue weighted by atomic mass is 10.2. The van der Waals surface area contributed by atoms with Crippen LogP contribution in [-0.2, 0) is 11.4 Å². The van der Waals surface area contributed by atoms with Crippen molar-refractivity contribution in [3.8, 4) is 11.5 Å². The molecule has 176 valence electrons. The van der Waals surface area contributed by atoms with Gasteiger partial charge in [-0.25, -0.2) is 5.43 Å². The molecule has 1 amide bonds. The third-order valence-electron chi connectivity index (χ3n) is 4.49. The molecule has 0 atom stereocenters. The summed E-state index contributed by atoms with van der Waals surface area (Å²) in [6.07, 6.45) is 1.51. The average molecular weight is 527 g/mol. The summed E-state index contributed by atoms with van der Waals surface area (Å²) in [6, 6.07) is 19.1. The highest BCUT2D eigenvalue weighted by molar-refractivity contribution is 9.10. The zero-order valence-corrected chi connectivity index (χ0v) is 19.9. The van der Waals surface area contributed by atoms with E-state index < -0.39 is 4.92 Å². The molecule has 34 heavy (non-hydrogen) atoms. The first-order valence-electron chi connectivity index (χ1n) is 10.4. The van der Waals surface area contributed by atoms with Crippen LogP contribution in [0.2, 0.25) is 0 Å². The van der Waals surface area contributed by atoms with Gasteiger partial charge in [0.15, 0.2) is 11.5 Å². The second kappa shape index (κ2) is 12.4. The predicted octanol–water partition coefficient (Wildman–Crippen LogP) is 4.90. The number of hydrogen-bond acceptors (Lipinski definition) is 7. The van der Waals surface area contributed by atoms with Gasteiger partial charge in [-0.05, 0) is 70.4 Å². The molecular formula is C24H23BrN4O5. The molecule has 0 aromatic heterocycles. The number of nitro benzene ring substituents is 1. The summed E-state index contributed by atoms with van der Waals surface area (Å²) < 4.78 is 12.3. The lowest BCUT2D eigenvalue weighted by Gasteiger charge is -2.14. The van der Waals surface area contributed by atoms with Crippen LogP contribution >= 0.6 is 15.9 Å². The number of hydrazone groups is 1. The van der Waals surface area contributed by atoms with Crippen molar-refractivity contribution in [3.63, 3.8) is 0 Å². The van der Waals surface area contributed by atoms with Gasteiger partial charge in [-0.15, -0.1) is 0 Å². The van der Waals surface area contributed by atoms with Crippen LogP contribution in [0.25, 0.3) is 0 Å².